The first-order chi connectivity index (χ1) is 10.8. The van der Waals surface area contributed by atoms with Gasteiger partial charge in [-0.3, -0.25) is 4.79 Å². The third-order valence-electron chi connectivity index (χ3n) is 3.08. The van der Waals surface area contributed by atoms with Crippen molar-refractivity contribution in [1.82, 2.24) is 4.98 Å². The molecule has 0 atom stereocenters. The van der Waals surface area contributed by atoms with E-state index < -0.39 is 0 Å². The van der Waals surface area contributed by atoms with Crippen LogP contribution in [0.15, 0.2) is 53.9 Å². The van der Waals surface area contributed by atoms with Crippen molar-refractivity contribution in [2.75, 3.05) is 0 Å². The predicted octanol–water partition coefficient (Wildman–Crippen LogP) is 4.34. The van der Waals surface area contributed by atoms with Gasteiger partial charge in [0.2, 0.25) is 0 Å². The number of carbonyl (C=O) groups is 1. The standard InChI is InChI=1S/C17H12FNO2S/c18-13-6-7-16(21-10-12-4-2-1-3-5-12)14(8-13)15-11-22-17(9-20)19-15/h1-9,11H,10H2. The Balaban J connectivity index is 1.89. The Morgan fingerprint density at radius 3 is 2.73 bits per heavy atom. The normalized spacial score (nSPS) is 10.4. The van der Waals surface area contributed by atoms with Gasteiger partial charge < -0.3 is 4.74 Å². The van der Waals surface area contributed by atoms with Gasteiger partial charge in [0.15, 0.2) is 11.3 Å². The van der Waals surface area contributed by atoms with Crippen LogP contribution in [-0.2, 0) is 6.61 Å². The molecule has 0 aliphatic carbocycles. The van der Waals surface area contributed by atoms with Crippen LogP contribution in [0.2, 0.25) is 0 Å². The first kappa shape index (κ1) is 14.4. The molecule has 3 rings (SSSR count). The number of aromatic nitrogens is 1. The Labute approximate surface area is 131 Å². The van der Waals surface area contributed by atoms with Gasteiger partial charge in [-0.15, -0.1) is 11.3 Å². The van der Waals surface area contributed by atoms with E-state index in [2.05, 4.69) is 4.98 Å². The van der Waals surface area contributed by atoms with E-state index in [9.17, 15) is 9.18 Å². The Hall–Kier alpha value is -2.53. The van der Waals surface area contributed by atoms with E-state index in [0.717, 1.165) is 5.56 Å². The van der Waals surface area contributed by atoms with Gasteiger partial charge in [-0.05, 0) is 23.8 Å². The van der Waals surface area contributed by atoms with Crippen molar-refractivity contribution >= 4 is 17.6 Å². The van der Waals surface area contributed by atoms with Crippen LogP contribution >= 0.6 is 11.3 Å². The monoisotopic (exact) mass is 313 g/mol. The lowest BCUT2D eigenvalue weighted by Gasteiger charge is -2.10. The van der Waals surface area contributed by atoms with Crippen LogP contribution in [0.1, 0.15) is 15.4 Å². The highest BCUT2D eigenvalue weighted by atomic mass is 32.1. The quantitative estimate of drug-likeness (QED) is 0.658. The second-order valence-corrected chi connectivity index (χ2v) is 5.49. The molecular formula is C17H12FNO2S. The van der Waals surface area contributed by atoms with Gasteiger partial charge in [-0.2, -0.15) is 0 Å². The van der Waals surface area contributed by atoms with Crippen LogP contribution in [0.4, 0.5) is 4.39 Å². The summed E-state index contributed by atoms with van der Waals surface area (Å²) in [5, 5.41) is 2.07. The number of halogens is 1. The van der Waals surface area contributed by atoms with Gasteiger partial charge >= 0.3 is 0 Å². The molecule has 0 saturated heterocycles. The molecule has 0 bridgehead atoms. The minimum Gasteiger partial charge on any atom is -0.488 e. The lowest BCUT2D eigenvalue weighted by atomic mass is 10.1. The summed E-state index contributed by atoms with van der Waals surface area (Å²) >= 11 is 1.22. The van der Waals surface area contributed by atoms with Crippen molar-refractivity contribution in [2.24, 2.45) is 0 Å². The number of carbonyl (C=O) groups excluding carboxylic acids is 1. The summed E-state index contributed by atoms with van der Waals surface area (Å²) in [7, 11) is 0. The zero-order valence-corrected chi connectivity index (χ0v) is 12.3. The van der Waals surface area contributed by atoms with Crippen molar-refractivity contribution in [3.63, 3.8) is 0 Å². The fraction of sp³-hybridized carbons (Fsp3) is 0.0588. The highest BCUT2D eigenvalue weighted by Crippen LogP contribution is 2.32. The van der Waals surface area contributed by atoms with Gasteiger partial charge in [-0.25, -0.2) is 9.37 Å². The first-order valence-corrected chi connectivity index (χ1v) is 7.51. The predicted molar refractivity (Wildman–Crippen MR) is 83.7 cm³/mol. The largest absolute Gasteiger partial charge is 0.488 e. The van der Waals surface area contributed by atoms with E-state index in [1.54, 1.807) is 11.4 Å². The zero-order valence-electron chi connectivity index (χ0n) is 11.5. The highest BCUT2D eigenvalue weighted by molar-refractivity contribution is 7.11. The average Bonchev–Trinajstić information content (AvgIpc) is 3.03. The number of thiazole rings is 1. The smallest absolute Gasteiger partial charge is 0.178 e. The maximum atomic E-state index is 13.5. The van der Waals surface area contributed by atoms with Gasteiger partial charge in [0, 0.05) is 10.9 Å². The number of ether oxygens (including phenoxy) is 1. The minimum absolute atomic E-state index is 0.355. The molecule has 0 unspecified atom stereocenters. The van der Waals surface area contributed by atoms with Crippen LogP contribution in [0.25, 0.3) is 11.3 Å². The molecule has 0 spiro atoms. The second-order valence-electron chi connectivity index (χ2n) is 4.60. The molecule has 3 aromatic rings. The van der Waals surface area contributed by atoms with Crippen molar-refractivity contribution in [2.45, 2.75) is 6.61 Å². The van der Waals surface area contributed by atoms with E-state index in [0.29, 0.717) is 34.9 Å². The molecule has 110 valence electrons. The SMILES string of the molecule is O=Cc1nc(-c2cc(F)ccc2OCc2ccccc2)cs1. The third-order valence-corrected chi connectivity index (χ3v) is 3.85. The van der Waals surface area contributed by atoms with E-state index in [4.69, 9.17) is 4.74 Å². The van der Waals surface area contributed by atoms with Crippen molar-refractivity contribution < 1.29 is 13.9 Å². The minimum atomic E-state index is -0.372. The lowest BCUT2D eigenvalue weighted by molar-refractivity contribution is 0.112. The molecule has 0 amide bonds. The van der Waals surface area contributed by atoms with E-state index in [1.165, 1.54) is 23.5 Å². The number of hydrogen-bond donors (Lipinski definition) is 0. The summed E-state index contributed by atoms with van der Waals surface area (Å²) in [5.74, 6) is 0.163. The highest BCUT2D eigenvalue weighted by Gasteiger charge is 2.12. The molecule has 3 nitrogen and oxygen atoms in total. The first-order valence-electron chi connectivity index (χ1n) is 6.63. The Bertz CT molecular complexity index is 786. The third kappa shape index (κ3) is 3.20. The summed E-state index contributed by atoms with van der Waals surface area (Å²) < 4.78 is 19.3. The van der Waals surface area contributed by atoms with Crippen LogP contribution < -0.4 is 4.74 Å². The average molecular weight is 313 g/mol. The zero-order chi connectivity index (χ0) is 15.4. The summed E-state index contributed by atoms with van der Waals surface area (Å²) in [6.45, 7) is 0.379. The molecule has 5 heteroatoms. The van der Waals surface area contributed by atoms with Crippen molar-refractivity contribution in [3.05, 3.63) is 70.3 Å². The Morgan fingerprint density at radius 1 is 1.18 bits per heavy atom. The maximum absolute atomic E-state index is 13.5. The van der Waals surface area contributed by atoms with E-state index in [1.807, 2.05) is 30.3 Å². The lowest BCUT2D eigenvalue weighted by Crippen LogP contribution is -1.97. The van der Waals surface area contributed by atoms with Gasteiger partial charge in [0.05, 0.1) is 5.69 Å². The van der Waals surface area contributed by atoms with Crippen LogP contribution in [0.5, 0.6) is 5.75 Å². The number of aldehydes is 1. The molecule has 0 aliphatic heterocycles. The van der Waals surface area contributed by atoms with Crippen molar-refractivity contribution in [1.29, 1.82) is 0 Å². The summed E-state index contributed by atoms with van der Waals surface area (Å²) in [6, 6.07) is 14.0. The van der Waals surface area contributed by atoms with E-state index >= 15 is 0 Å². The molecule has 0 fully saturated rings. The summed E-state index contributed by atoms with van der Waals surface area (Å²) in [4.78, 5) is 14.9. The molecule has 22 heavy (non-hydrogen) atoms. The summed E-state index contributed by atoms with van der Waals surface area (Å²) in [6.07, 6.45) is 0.679. The molecule has 1 heterocycles. The van der Waals surface area contributed by atoms with E-state index in [-0.39, 0.29) is 5.82 Å². The molecule has 0 N–H and O–H groups in total. The summed E-state index contributed by atoms with van der Waals surface area (Å²) in [5.41, 5.74) is 2.10. The van der Waals surface area contributed by atoms with Gasteiger partial charge in [-0.1, -0.05) is 30.3 Å². The maximum Gasteiger partial charge on any atom is 0.178 e. The van der Waals surface area contributed by atoms with Gasteiger partial charge in [0.25, 0.3) is 0 Å². The van der Waals surface area contributed by atoms with Gasteiger partial charge in [0.1, 0.15) is 18.2 Å². The molecule has 2 aromatic carbocycles. The Kier molecular flexibility index (Phi) is 4.25. The molecule has 0 saturated carbocycles. The molecular weight excluding hydrogens is 301 g/mol. The second kappa shape index (κ2) is 6.49. The molecule has 1 aromatic heterocycles. The number of nitrogens with zero attached hydrogens (tertiary/aromatic N) is 1. The number of hydrogen-bond acceptors (Lipinski definition) is 4. The molecule has 0 aliphatic rings. The Morgan fingerprint density at radius 2 is 2.00 bits per heavy atom. The molecule has 0 radical (unpaired) electrons. The topological polar surface area (TPSA) is 39.2 Å². The fourth-order valence-electron chi connectivity index (χ4n) is 2.03. The van der Waals surface area contributed by atoms with Crippen molar-refractivity contribution in [3.8, 4) is 17.0 Å². The van der Waals surface area contributed by atoms with Crippen LogP contribution in [-0.4, -0.2) is 11.3 Å². The van der Waals surface area contributed by atoms with Crippen LogP contribution in [0, 0.1) is 5.82 Å². The number of rotatable bonds is 5. The number of benzene rings is 2. The fourth-order valence-corrected chi connectivity index (χ4v) is 2.65. The van der Waals surface area contributed by atoms with Crippen LogP contribution in [0.3, 0.4) is 0 Å².